The molecule has 0 saturated heterocycles. The SMILES string of the molecule is CCOC(=O)c1[nH]c2ccccc2c1CCCOc1cccc(-c2ccccc2)c1. The number of fused-ring (bicyclic) bond motifs is 1. The summed E-state index contributed by atoms with van der Waals surface area (Å²) in [5.41, 5.74) is 4.79. The summed E-state index contributed by atoms with van der Waals surface area (Å²) in [4.78, 5) is 15.6. The lowest BCUT2D eigenvalue weighted by atomic mass is 10.1. The second-order valence-corrected chi connectivity index (χ2v) is 7.09. The fourth-order valence-corrected chi connectivity index (χ4v) is 3.67. The van der Waals surface area contributed by atoms with E-state index in [2.05, 4.69) is 29.2 Å². The van der Waals surface area contributed by atoms with Gasteiger partial charge in [0.1, 0.15) is 11.4 Å². The first-order chi connectivity index (χ1) is 14.8. The van der Waals surface area contributed by atoms with E-state index in [4.69, 9.17) is 9.47 Å². The maximum atomic E-state index is 12.4. The predicted molar refractivity (Wildman–Crippen MR) is 120 cm³/mol. The van der Waals surface area contributed by atoms with Crippen molar-refractivity contribution in [3.05, 3.63) is 90.1 Å². The average Bonchev–Trinajstić information content (AvgIpc) is 3.16. The van der Waals surface area contributed by atoms with Crippen LogP contribution >= 0.6 is 0 Å². The minimum Gasteiger partial charge on any atom is -0.494 e. The van der Waals surface area contributed by atoms with Crippen molar-refractivity contribution in [2.24, 2.45) is 0 Å². The topological polar surface area (TPSA) is 51.3 Å². The van der Waals surface area contributed by atoms with E-state index in [1.54, 1.807) is 0 Å². The number of ether oxygens (including phenoxy) is 2. The number of hydrogen-bond donors (Lipinski definition) is 1. The molecule has 30 heavy (non-hydrogen) atoms. The highest BCUT2D eigenvalue weighted by Crippen LogP contribution is 2.26. The number of benzene rings is 3. The molecule has 0 aliphatic carbocycles. The van der Waals surface area contributed by atoms with E-state index >= 15 is 0 Å². The highest BCUT2D eigenvalue weighted by atomic mass is 16.5. The summed E-state index contributed by atoms with van der Waals surface area (Å²) in [5.74, 6) is 0.543. The van der Waals surface area contributed by atoms with Crippen molar-refractivity contribution >= 4 is 16.9 Å². The molecule has 0 unspecified atom stereocenters. The van der Waals surface area contributed by atoms with E-state index < -0.39 is 0 Å². The second-order valence-electron chi connectivity index (χ2n) is 7.09. The van der Waals surface area contributed by atoms with Crippen molar-refractivity contribution in [3.8, 4) is 16.9 Å². The summed E-state index contributed by atoms with van der Waals surface area (Å²) in [6, 6.07) is 26.3. The highest BCUT2D eigenvalue weighted by molar-refractivity contribution is 5.98. The molecule has 0 amide bonds. The second kappa shape index (κ2) is 9.31. The Morgan fingerprint density at radius 1 is 0.900 bits per heavy atom. The van der Waals surface area contributed by atoms with Crippen LogP contribution in [-0.2, 0) is 11.2 Å². The average molecular weight is 399 g/mol. The molecule has 0 aliphatic heterocycles. The Morgan fingerprint density at radius 3 is 2.50 bits per heavy atom. The molecular weight excluding hydrogens is 374 g/mol. The number of para-hydroxylation sites is 1. The molecule has 0 saturated carbocycles. The van der Waals surface area contributed by atoms with E-state index in [-0.39, 0.29) is 5.97 Å². The van der Waals surface area contributed by atoms with E-state index in [0.717, 1.165) is 40.6 Å². The number of hydrogen-bond acceptors (Lipinski definition) is 3. The van der Waals surface area contributed by atoms with Crippen molar-refractivity contribution in [2.75, 3.05) is 13.2 Å². The van der Waals surface area contributed by atoms with Crippen LogP contribution in [0.2, 0.25) is 0 Å². The highest BCUT2D eigenvalue weighted by Gasteiger charge is 2.18. The van der Waals surface area contributed by atoms with Gasteiger partial charge in [-0.05, 0) is 54.7 Å². The van der Waals surface area contributed by atoms with Gasteiger partial charge in [0.15, 0.2) is 0 Å². The van der Waals surface area contributed by atoms with Gasteiger partial charge in [-0.1, -0.05) is 60.7 Å². The fourth-order valence-electron chi connectivity index (χ4n) is 3.67. The van der Waals surface area contributed by atoms with Crippen molar-refractivity contribution in [3.63, 3.8) is 0 Å². The third-order valence-corrected chi connectivity index (χ3v) is 5.07. The lowest BCUT2D eigenvalue weighted by Crippen LogP contribution is -2.09. The van der Waals surface area contributed by atoms with Crippen molar-refractivity contribution in [2.45, 2.75) is 19.8 Å². The van der Waals surface area contributed by atoms with Gasteiger partial charge in [-0.3, -0.25) is 0 Å². The van der Waals surface area contributed by atoms with E-state index in [1.807, 2.05) is 61.5 Å². The Labute approximate surface area is 176 Å². The Hall–Kier alpha value is -3.53. The molecule has 0 atom stereocenters. The summed E-state index contributed by atoms with van der Waals surface area (Å²) in [6.07, 6.45) is 1.53. The van der Waals surface area contributed by atoms with Crippen LogP contribution in [0.15, 0.2) is 78.9 Å². The first-order valence-corrected chi connectivity index (χ1v) is 10.3. The summed E-state index contributed by atoms with van der Waals surface area (Å²) in [5, 5.41) is 1.06. The first-order valence-electron chi connectivity index (χ1n) is 10.3. The molecule has 1 aromatic heterocycles. The number of aromatic nitrogens is 1. The minimum absolute atomic E-state index is 0.305. The standard InChI is InChI=1S/C26H25NO3/c1-2-29-26(28)25-23(22-14-6-7-16-24(22)27-25)15-9-17-30-21-13-8-12-20(18-21)19-10-4-3-5-11-19/h3-8,10-14,16,18,27H,2,9,15,17H2,1H3. The Morgan fingerprint density at radius 2 is 1.67 bits per heavy atom. The summed E-state index contributed by atoms with van der Waals surface area (Å²) in [7, 11) is 0. The number of aryl methyl sites for hydroxylation is 1. The van der Waals surface area contributed by atoms with Gasteiger partial charge in [-0.2, -0.15) is 0 Å². The summed E-state index contributed by atoms with van der Waals surface area (Å²) >= 11 is 0. The van der Waals surface area contributed by atoms with Gasteiger partial charge in [0.25, 0.3) is 0 Å². The van der Waals surface area contributed by atoms with Crippen LogP contribution in [0.4, 0.5) is 0 Å². The third-order valence-electron chi connectivity index (χ3n) is 5.07. The van der Waals surface area contributed by atoms with Gasteiger partial charge in [0.2, 0.25) is 0 Å². The zero-order valence-corrected chi connectivity index (χ0v) is 17.1. The Bertz CT molecular complexity index is 1130. The van der Waals surface area contributed by atoms with Crippen LogP contribution in [0.3, 0.4) is 0 Å². The number of H-pyrrole nitrogens is 1. The number of nitrogens with one attached hydrogen (secondary N) is 1. The molecule has 4 aromatic rings. The van der Waals surface area contributed by atoms with E-state index in [1.165, 1.54) is 5.56 Å². The maximum Gasteiger partial charge on any atom is 0.355 e. The lowest BCUT2D eigenvalue weighted by molar-refractivity contribution is 0.0519. The van der Waals surface area contributed by atoms with Crippen LogP contribution in [0.25, 0.3) is 22.0 Å². The third kappa shape index (κ3) is 4.38. The normalized spacial score (nSPS) is 10.8. The first kappa shape index (κ1) is 19.8. The quantitative estimate of drug-likeness (QED) is 0.291. The van der Waals surface area contributed by atoms with Gasteiger partial charge >= 0.3 is 5.97 Å². The number of aromatic amines is 1. The van der Waals surface area contributed by atoms with Gasteiger partial charge < -0.3 is 14.5 Å². The van der Waals surface area contributed by atoms with E-state index in [0.29, 0.717) is 18.9 Å². The Kier molecular flexibility index (Phi) is 6.14. The molecule has 4 nitrogen and oxygen atoms in total. The van der Waals surface area contributed by atoms with Gasteiger partial charge in [0.05, 0.1) is 13.2 Å². The number of carbonyl (C=O) groups excluding carboxylic acids is 1. The van der Waals surface area contributed by atoms with Crippen LogP contribution in [-0.4, -0.2) is 24.2 Å². The molecule has 152 valence electrons. The van der Waals surface area contributed by atoms with Crippen molar-refractivity contribution in [1.82, 2.24) is 4.98 Å². The molecule has 3 aromatic carbocycles. The number of rotatable bonds is 8. The minimum atomic E-state index is -0.305. The van der Waals surface area contributed by atoms with Crippen LogP contribution in [0, 0.1) is 0 Å². The van der Waals surface area contributed by atoms with Crippen LogP contribution < -0.4 is 4.74 Å². The van der Waals surface area contributed by atoms with Gasteiger partial charge in [0, 0.05) is 10.9 Å². The largest absolute Gasteiger partial charge is 0.494 e. The van der Waals surface area contributed by atoms with Crippen LogP contribution in [0.1, 0.15) is 29.4 Å². The Balaban J connectivity index is 1.43. The van der Waals surface area contributed by atoms with Crippen LogP contribution in [0.5, 0.6) is 5.75 Å². The zero-order chi connectivity index (χ0) is 20.8. The molecule has 0 bridgehead atoms. The molecule has 0 fully saturated rings. The number of carbonyl (C=O) groups is 1. The number of esters is 1. The van der Waals surface area contributed by atoms with Gasteiger partial charge in [-0.25, -0.2) is 4.79 Å². The summed E-state index contributed by atoms with van der Waals surface area (Å²) in [6.45, 7) is 2.74. The zero-order valence-electron chi connectivity index (χ0n) is 17.1. The van der Waals surface area contributed by atoms with Crippen molar-refractivity contribution < 1.29 is 14.3 Å². The molecule has 4 rings (SSSR count). The van der Waals surface area contributed by atoms with E-state index in [9.17, 15) is 4.79 Å². The molecular formula is C26H25NO3. The molecule has 0 radical (unpaired) electrons. The van der Waals surface area contributed by atoms with Gasteiger partial charge in [-0.15, -0.1) is 0 Å². The maximum absolute atomic E-state index is 12.4. The molecule has 1 heterocycles. The lowest BCUT2D eigenvalue weighted by Gasteiger charge is -2.09. The smallest absolute Gasteiger partial charge is 0.355 e. The fraction of sp³-hybridized carbons (Fsp3) is 0.192. The molecule has 1 N–H and O–H groups in total. The molecule has 0 spiro atoms. The predicted octanol–water partition coefficient (Wildman–Crippen LogP) is 6.02. The molecule has 0 aliphatic rings. The monoisotopic (exact) mass is 399 g/mol. The van der Waals surface area contributed by atoms with Crippen molar-refractivity contribution in [1.29, 1.82) is 0 Å². The molecule has 4 heteroatoms. The summed E-state index contributed by atoms with van der Waals surface area (Å²) < 4.78 is 11.2.